The van der Waals surface area contributed by atoms with Crippen molar-refractivity contribution in [2.24, 2.45) is 0 Å². The summed E-state index contributed by atoms with van der Waals surface area (Å²) >= 11 is 0. The van der Waals surface area contributed by atoms with Crippen molar-refractivity contribution in [3.8, 4) is 5.75 Å². The van der Waals surface area contributed by atoms with Crippen LogP contribution in [0, 0.1) is 0 Å². The van der Waals surface area contributed by atoms with E-state index in [2.05, 4.69) is 10.6 Å². The van der Waals surface area contributed by atoms with Crippen LogP contribution in [0.2, 0.25) is 0 Å². The van der Waals surface area contributed by atoms with E-state index in [1.54, 1.807) is 43.2 Å². The van der Waals surface area contributed by atoms with Crippen molar-refractivity contribution in [1.82, 2.24) is 15.1 Å². The molecule has 1 aliphatic rings. The Bertz CT molecular complexity index is 632. The summed E-state index contributed by atoms with van der Waals surface area (Å²) < 4.78 is 5.08. The Morgan fingerprint density at radius 2 is 2.04 bits per heavy atom. The number of likely N-dealkylation sites (N-methyl/N-ethyl adjacent to an activating group) is 1. The zero-order chi connectivity index (χ0) is 18.4. The Balaban J connectivity index is 1.93. The minimum atomic E-state index is -0.560. The highest BCUT2D eigenvalue weighted by molar-refractivity contribution is 5.98. The van der Waals surface area contributed by atoms with Crippen LogP contribution in [0.1, 0.15) is 13.8 Å². The van der Waals surface area contributed by atoms with E-state index in [4.69, 9.17) is 4.74 Å². The topological polar surface area (TPSA) is 91.0 Å². The molecule has 0 spiro atoms. The fraction of sp³-hybridized carbons (Fsp3) is 0.471. The van der Waals surface area contributed by atoms with Crippen LogP contribution in [0.25, 0.3) is 0 Å². The van der Waals surface area contributed by atoms with Gasteiger partial charge >= 0.3 is 6.03 Å². The number of urea groups is 1. The number of imide groups is 1. The highest BCUT2D eigenvalue weighted by Crippen LogP contribution is 2.15. The van der Waals surface area contributed by atoms with Gasteiger partial charge in [0.2, 0.25) is 11.8 Å². The summed E-state index contributed by atoms with van der Waals surface area (Å²) in [5.74, 6) is 0.183. The fourth-order valence-electron chi connectivity index (χ4n) is 2.65. The lowest BCUT2D eigenvalue weighted by molar-refractivity contribution is -0.133. The van der Waals surface area contributed by atoms with Crippen LogP contribution in [0.15, 0.2) is 24.3 Å². The molecular formula is C17H24N4O4. The number of carbonyl (C=O) groups is 3. The monoisotopic (exact) mass is 348 g/mol. The van der Waals surface area contributed by atoms with Gasteiger partial charge in [0.25, 0.3) is 0 Å². The second kappa shape index (κ2) is 8.48. The molecule has 0 bridgehead atoms. The van der Waals surface area contributed by atoms with E-state index in [0.29, 0.717) is 31.1 Å². The van der Waals surface area contributed by atoms with Gasteiger partial charge in [-0.2, -0.15) is 0 Å². The minimum Gasteiger partial charge on any atom is -0.497 e. The molecule has 8 nitrogen and oxygen atoms in total. The molecule has 1 atom stereocenters. The average molecular weight is 348 g/mol. The number of anilines is 1. The summed E-state index contributed by atoms with van der Waals surface area (Å²) in [5.41, 5.74) is 0.653. The number of hydrogen-bond donors (Lipinski definition) is 2. The van der Waals surface area contributed by atoms with E-state index in [9.17, 15) is 14.4 Å². The van der Waals surface area contributed by atoms with Gasteiger partial charge in [0, 0.05) is 18.8 Å². The number of hydrogen-bond acceptors (Lipinski definition) is 5. The van der Waals surface area contributed by atoms with E-state index < -0.39 is 6.04 Å². The van der Waals surface area contributed by atoms with Gasteiger partial charge in [0.05, 0.1) is 19.7 Å². The third-order valence-electron chi connectivity index (χ3n) is 4.15. The normalized spacial score (nSPS) is 15.0. The van der Waals surface area contributed by atoms with Crippen molar-refractivity contribution in [2.75, 3.05) is 38.6 Å². The first-order chi connectivity index (χ1) is 12.0. The average Bonchev–Trinajstić information content (AvgIpc) is 3.05. The van der Waals surface area contributed by atoms with Crippen molar-refractivity contribution in [3.63, 3.8) is 0 Å². The SMILES string of the molecule is CCN(CC(=O)Nc1ccc(OC)cc1)[C@H](C)C(=O)N1CCNC1=O. The predicted octanol–water partition coefficient (Wildman–Crippen LogP) is 0.896. The second-order valence-electron chi connectivity index (χ2n) is 5.74. The number of benzene rings is 1. The first kappa shape index (κ1) is 18.7. The summed E-state index contributed by atoms with van der Waals surface area (Å²) in [7, 11) is 1.58. The Morgan fingerprint density at radius 1 is 1.36 bits per heavy atom. The molecule has 2 rings (SSSR count). The summed E-state index contributed by atoms with van der Waals surface area (Å²) in [5, 5.41) is 5.39. The Morgan fingerprint density at radius 3 is 2.56 bits per heavy atom. The summed E-state index contributed by atoms with van der Waals surface area (Å²) in [6.45, 7) is 4.97. The number of rotatable bonds is 7. The molecule has 0 aromatic heterocycles. The largest absolute Gasteiger partial charge is 0.497 e. The molecule has 1 fully saturated rings. The smallest absolute Gasteiger partial charge is 0.324 e. The Kier molecular flexibility index (Phi) is 6.35. The predicted molar refractivity (Wildman–Crippen MR) is 93.4 cm³/mol. The zero-order valence-electron chi connectivity index (χ0n) is 14.7. The summed E-state index contributed by atoms with van der Waals surface area (Å²) in [6.07, 6.45) is 0. The molecule has 136 valence electrons. The maximum atomic E-state index is 12.4. The lowest BCUT2D eigenvalue weighted by atomic mass is 10.2. The van der Waals surface area contributed by atoms with Gasteiger partial charge in [0.15, 0.2) is 0 Å². The lowest BCUT2D eigenvalue weighted by Crippen LogP contribution is -2.50. The van der Waals surface area contributed by atoms with Crippen molar-refractivity contribution in [2.45, 2.75) is 19.9 Å². The number of nitrogens with one attached hydrogen (secondary N) is 2. The van der Waals surface area contributed by atoms with Gasteiger partial charge < -0.3 is 15.4 Å². The van der Waals surface area contributed by atoms with Gasteiger partial charge in [-0.1, -0.05) is 6.92 Å². The number of methoxy groups -OCH3 is 1. The molecule has 1 saturated heterocycles. The maximum absolute atomic E-state index is 12.4. The highest BCUT2D eigenvalue weighted by Gasteiger charge is 2.32. The van der Waals surface area contributed by atoms with Crippen molar-refractivity contribution in [3.05, 3.63) is 24.3 Å². The standard InChI is InChI=1S/C17H24N4O4/c1-4-20(12(2)16(23)21-10-9-18-17(21)24)11-15(22)19-13-5-7-14(25-3)8-6-13/h5-8,12H,4,9-11H2,1-3H3,(H,18,24)(H,19,22)/t12-/m1/s1. The van der Waals surface area contributed by atoms with Crippen LogP contribution in [0.5, 0.6) is 5.75 Å². The summed E-state index contributed by atoms with van der Waals surface area (Å²) in [6, 6.07) is 6.06. The van der Waals surface area contributed by atoms with Crippen molar-refractivity contribution >= 4 is 23.5 Å². The molecule has 8 heteroatoms. The molecule has 0 radical (unpaired) electrons. The number of ether oxygens (including phenoxy) is 1. The molecule has 1 heterocycles. The number of nitrogens with zero attached hydrogens (tertiary/aromatic N) is 2. The highest BCUT2D eigenvalue weighted by atomic mass is 16.5. The van der Waals surface area contributed by atoms with Crippen LogP contribution < -0.4 is 15.4 Å². The van der Waals surface area contributed by atoms with Gasteiger partial charge in [-0.3, -0.25) is 19.4 Å². The van der Waals surface area contributed by atoms with E-state index in [1.807, 2.05) is 6.92 Å². The molecule has 1 aromatic rings. The molecule has 0 unspecified atom stereocenters. The minimum absolute atomic E-state index is 0.0604. The quantitative estimate of drug-likeness (QED) is 0.764. The van der Waals surface area contributed by atoms with E-state index in [0.717, 1.165) is 0 Å². The number of amides is 4. The van der Waals surface area contributed by atoms with Crippen LogP contribution >= 0.6 is 0 Å². The number of carbonyl (C=O) groups excluding carboxylic acids is 3. The zero-order valence-corrected chi connectivity index (χ0v) is 14.7. The van der Waals surface area contributed by atoms with Crippen LogP contribution in [-0.2, 0) is 9.59 Å². The second-order valence-corrected chi connectivity index (χ2v) is 5.74. The van der Waals surface area contributed by atoms with Crippen LogP contribution in [0.4, 0.5) is 10.5 Å². The third kappa shape index (κ3) is 4.69. The molecule has 0 aliphatic carbocycles. The molecule has 0 saturated carbocycles. The van der Waals surface area contributed by atoms with Gasteiger partial charge in [-0.05, 0) is 37.7 Å². The fourth-order valence-corrected chi connectivity index (χ4v) is 2.65. The molecule has 1 aliphatic heterocycles. The lowest BCUT2D eigenvalue weighted by Gasteiger charge is -2.28. The van der Waals surface area contributed by atoms with Gasteiger partial charge in [0.1, 0.15) is 5.75 Å². The Hall–Kier alpha value is -2.61. The first-order valence-electron chi connectivity index (χ1n) is 8.23. The molecule has 1 aromatic carbocycles. The summed E-state index contributed by atoms with van der Waals surface area (Å²) in [4.78, 5) is 39.3. The Labute approximate surface area is 147 Å². The molecule has 2 N–H and O–H groups in total. The maximum Gasteiger partial charge on any atom is 0.324 e. The van der Waals surface area contributed by atoms with Gasteiger partial charge in [-0.25, -0.2) is 4.79 Å². The van der Waals surface area contributed by atoms with Crippen LogP contribution in [0.3, 0.4) is 0 Å². The molecule has 4 amide bonds. The van der Waals surface area contributed by atoms with Gasteiger partial charge in [-0.15, -0.1) is 0 Å². The molecular weight excluding hydrogens is 324 g/mol. The van der Waals surface area contributed by atoms with Crippen molar-refractivity contribution < 1.29 is 19.1 Å². The third-order valence-corrected chi connectivity index (χ3v) is 4.15. The van der Waals surface area contributed by atoms with E-state index in [-0.39, 0.29) is 24.4 Å². The van der Waals surface area contributed by atoms with Crippen LogP contribution in [-0.4, -0.2) is 67.0 Å². The first-order valence-corrected chi connectivity index (χ1v) is 8.23. The van der Waals surface area contributed by atoms with E-state index >= 15 is 0 Å². The van der Waals surface area contributed by atoms with Crippen molar-refractivity contribution in [1.29, 1.82) is 0 Å². The van der Waals surface area contributed by atoms with E-state index in [1.165, 1.54) is 4.90 Å². The molecule has 25 heavy (non-hydrogen) atoms.